The van der Waals surface area contributed by atoms with Crippen LogP contribution in [0.1, 0.15) is 46.0 Å². The molecule has 90 valence electrons. The molecule has 3 aliphatic carbocycles. The number of rotatable bonds is 3. The number of carbonyl (C=O) groups excluding carboxylic acids is 1. The SMILES string of the molecule is CCOC(=O)C[C@]1(C)[C@@H]2C[C@@H]3CC[C@H]1C2C3. The molecule has 3 aliphatic rings. The molecule has 3 saturated carbocycles. The van der Waals surface area contributed by atoms with Crippen LogP contribution in [0, 0.1) is 29.1 Å². The van der Waals surface area contributed by atoms with Crippen LogP contribution in [0.25, 0.3) is 0 Å². The fourth-order valence-corrected chi connectivity index (χ4v) is 5.01. The van der Waals surface area contributed by atoms with Gasteiger partial charge in [0.05, 0.1) is 13.0 Å². The fraction of sp³-hybridized carbons (Fsp3) is 0.929. The number of fused-ring (bicyclic) bond motifs is 1. The van der Waals surface area contributed by atoms with Crippen molar-refractivity contribution in [1.82, 2.24) is 0 Å². The highest BCUT2D eigenvalue weighted by molar-refractivity contribution is 5.70. The van der Waals surface area contributed by atoms with Crippen LogP contribution in [0.2, 0.25) is 0 Å². The van der Waals surface area contributed by atoms with E-state index < -0.39 is 0 Å². The predicted octanol–water partition coefficient (Wildman–Crippen LogP) is 3.01. The van der Waals surface area contributed by atoms with Crippen LogP contribution in [0.4, 0.5) is 0 Å². The minimum Gasteiger partial charge on any atom is -0.466 e. The van der Waals surface area contributed by atoms with Gasteiger partial charge in [-0.05, 0) is 55.3 Å². The number of hydrogen-bond acceptors (Lipinski definition) is 2. The van der Waals surface area contributed by atoms with Crippen molar-refractivity contribution in [1.29, 1.82) is 0 Å². The monoisotopic (exact) mass is 222 g/mol. The molecule has 1 unspecified atom stereocenters. The van der Waals surface area contributed by atoms with Gasteiger partial charge in [0.1, 0.15) is 0 Å². The van der Waals surface area contributed by atoms with Gasteiger partial charge in [0.2, 0.25) is 0 Å². The van der Waals surface area contributed by atoms with E-state index in [2.05, 4.69) is 6.92 Å². The highest BCUT2D eigenvalue weighted by atomic mass is 16.5. The Kier molecular flexibility index (Phi) is 2.31. The van der Waals surface area contributed by atoms with E-state index in [4.69, 9.17) is 4.74 Å². The van der Waals surface area contributed by atoms with Crippen molar-refractivity contribution < 1.29 is 9.53 Å². The van der Waals surface area contributed by atoms with Crippen molar-refractivity contribution in [2.75, 3.05) is 6.61 Å². The van der Waals surface area contributed by atoms with Gasteiger partial charge in [-0.15, -0.1) is 0 Å². The summed E-state index contributed by atoms with van der Waals surface area (Å²) in [5.41, 5.74) is 0.280. The second-order valence-corrected chi connectivity index (χ2v) is 6.28. The number of ether oxygens (including phenoxy) is 1. The van der Waals surface area contributed by atoms with Gasteiger partial charge >= 0.3 is 5.97 Å². The average molecular weight is 222 g/mol. The van der Waals surface area contributed by atoms with Gasteiger partial charge in [-0.25, -0.2) is 0 Å². The summed E-state index contributed by atoms with van der Waals surface area (Å²) >= 11 is 0. The fourth-order valence-electron chi connectivity index (χ4n) is 5.01. The maximum Gasteiger partial charge on any atom is 0.306 e. The van der Waals surface area contributed by atoms with Crippen molar-refractivity contribution in [2.45, 2.75) is 46.0 Å². The molecule has 0 aromatic rings. The summed E-state index contributed by atoms with van der Waals surface area (Å²) in [6, 6.07) is 0. The zero-order valence-corrected chi connectivity index (χ0v) is 10.4. The van der Waals surface area contributed by atoms with Crippen molar-refractivity contribution in [3.8, 4) is 0 Å². The molecule has 16 heavy (non-hydrogen) atoms. The third-order valence-corrected chi connectivity index (χ3v) is 5.64. The van der Waals surface area contributed by atoms with E-state index in [0.29, 0.717) is 13.0 Å². The zero-order chi connectivity index (χ0) is 11.3. The molecule has 0 amide bonds. The first-order chi connectivity index (χ1) is 7.65. The lowest BCUT2D eigenvalue weighted by atomic mass is 9.46. The molecule has 0 aromatic carbocycles. The summed E-state index contributed by atoms with van der Waals surface area (Å²) in [4.78, 5) is 11.7. The standard InChI is InChI=1S/C14H22O2/c1-3-16-13(15)8-14(2)11-5-4-9-6-10(11)12(14)7-9/h9-12H,3-8H2,1-2H3/t9-,10?,11+,12-,14+/m1/s1. The van der Waals surface area contributed by atoms with Gasteiger partial charge in [0, 0.05) is 0 Å². The van der Waals surface area contributed by atoms with Crippen molar-refractivity contribution in [3.05, 3.63) is 0 Å². The van der Waals surface area contributed by atoms with Crippen LogP contribution < -0.4 is 0 Å². The summed E-state index contributed by atoms with van der Waals surface area (Å²) in [6.07, 6.45) is 6.28. The van der Waals surface area contributed by atoms with E-state index in [9.17, 15) is 4.79 Å². The summed E-state index contributed by atoms with van der Waals surface area (Å²) in [5, 5.41) is 0. The third-order valence-electron chi connectivity index (χ3n) is 5.64. The maximum absolute atomic E-state index is 11.7. The zero-order valence-electron chi connectivity index (χ0n) is 10.4. The molecule has 0 aliphatic heterocycles. The molecule has 2 heteroatoms. The lowest BCUT2D eigenvalue weighted by molar-refractivity contribution is -0.160. The highest BCUT2D eigenvalue weighted by Crippen LogP contribution is 2.70. The minimum atomic E-state index is 0.0267. The molecule has 2 nitrogen and oxygen atoms in total. The number of hydrogen-bond donors (Lipinski definition) is 0. The van der Waals surface area contributed by atoms with Crippen molar-refractivity contribution in [3.63, 3.8) is 0 Å². The van der Waals surface area contributed by atoms with Gasteiger partial charge in [-0.1, -0.05) is 13.3 Å². The summed E-state index contributed by atoms with van der Waals surface area (Å²) < 4.78 is 5.13. The van der Waals surface area contributed by atoms with Gasteiger partial charge < -0.3 is 4.74 Å². The number of carbonyl (C=O) groups is 1. The Bertz CT molecular complexity index is 304. The highest BCUT2D eigenvalue weighted by Gasteiger charge is 2.64. The summed E-state index contributed by atoms with van der Waals surface area (Å²) in [6.45, 7) is 4.75. The molecule has 5 atom stereocenters. The van der Waals surface area contributed by atoms with Crippen LogP contribution in [-0.4, -0.2) is 12.6 Å². The van der Waals surface area contributed by atoms with Gasteiger partial charge in [-0.3, -0.25) is 4.79 Å². The molecule has 3 fully saturated rings. The lowest BCUT2D eigenvalue weighted by Crippen LogP contribution is -2.53. The van der Waals surface area contributed by atoms with Crippen LogP contribution in [0.3, 0.4) is 0 Å². The third kappa shape index (κ3) is 1.28. The summed E-state index contributed by atoms with van der Waals surface area (Å²) in [5.74, 6) is 3.61. The first kappa shape index (κ1) is 10.6. The molecular formula is C14H22O2. The van der Waals surface area contributed by atoms with Crippen LogP contribution in [-0.2, 0) is 9.53 Å². The van der Waals surface area contributed by atoms with Gasteiger partial charge in [0.25, 0.3) is 0 Å². The molecule has 0 saturated heterocycles. The molecule has 0 spiro atoms. The normalized spacial score (nSPS) is 48.6. The molecule has 0 radical (unpaired) electrons. The second-order valence-electron chi connectivity index (χ2n) is 6.28. The van der Waals surface area contributed by atoms with E-state index in [-0.39, 0.29) is 11.4 Å². The van der Waals surface area contributed by atoms with Crippen molar-refractivity contribution >= 4 is 5.97 Å². The largest absolute Gasteiger partial charge is 0.466 e. The molecule has 0 heterocycles. The average Bonchev–Trinajstić information content (AvgIpc) is 2.44. The van der Waals surface area contributed by atoms with E-state index in [1.165, 1.54) is 25.7 Å². The predicted molar refractivity (Wildman–Crippen MR) is 61.8 cm³/mol. The van der Waals surface area contributed by atoms with Crippen LogP contribution in [0.5, 0.6) is 0 Å². The van der Waals surface area contributed by atoms with Crippen LogP contribution in [0.15, 0.2) is 0 Å². The topological polar surface area (TPSA) is 26.3 Å². The number of esters is 1. The van der Waals surface area contributed by atoms with Gasteiger partial charge in [0.15, 0.2) is 0 Å². The van der Waals surface area contributed by atoms with E-state index in [1.54, 1.807) is 0 Å². The maximum atomic E-state index is 11.7. The van der Waals surface area contributed by atoms with Crippen LogP contribution >= 0.6 is 0 Å². The Morgan fingerprint density at radius 3 is 2.88 bits per heavy atom. The molecule has 0 aromatic heterocycles. The van der Waals surface area contributed by atoms with E-state index >= 15 is 0 Å². The molecular weight excluding hydrogens is 200 g/mol. The Labute approximate surface area is 97.7 Å². The Hall–Kier alpha value is -0.530. The molecule has 3 rings (SSSR count). The minimum absolute atomic E-state index is 0.0267. The second kappa shape index (κ2) is 3.48. The summed E-state index contributed by atoms with van der Waals surface area (Å²) in [7, 11) is 0. The van der Waals surface area contributed by atoms with Crippen molar-refractivity contribution in [2.24, 2.45) is 29.1 Å². The van der Waals surface area contributed by atoms with Gasteiger partial charge in [-0.2, -0.15) is 0 Å². The Morgan fingerprint density at radius 1 is 1.31 bits per heavy atom. The smallest absolute Gasteiger partial charge is 0.306 e. The Morgan fingerprint density at radius 2 is 2.12 bits per heavy atom. The molecule has 0 N–H and O–H groups in total. The quantitative estimate of drug-likeness (QED) is 0.686. The lowest BCUT2D eigenvalue weighted by Gasteiger charge is -2.58. The first-order valence-electron chi connectivity index (χ1n) is 6.80. The molecule has 2 bridgehead atoms. The van der Waals surface area contributed by atoms with E-state index in [0.717, 1.165) is 23.7 Å². The Balaban J connectivity index is 1.72. The van der Waals surface area contributed by atoms with E-state index in [1.807, 2.05) is 6.92 Å². The first-order valence-corrected chi connectivity index (χ1v) is 6.80.